The van der Waals surface area contributed by atoms with Crippen LogP contribution in [0.2, 0.25) is 6.32 Å². The molecule has 0 unspecified atom stereocenters. The quantitative estimate of drug-likeness (QED) is 0.129. The highest BCUT2D eigenvalue weighted by Gasteiger charge is 2.26. The molecule has 6 aromatic carbocycles. The van der Waals surface area contributed by atoms with Crippen molar-refractivity contribution in [1.29, 1.82) is 0 Å². The van der Waals surface area contributed by atoms with Crippen molar-refractivity contribution >= 4 is 155 Å². The van der Waals surface area contributed by atoms with Crippen molar-refractivity contribution < 1.29 is 0 Å². The summed E-state index contributed by atoms with van der Waals surface area (Å²) in [5.74, 6) is 1.95. The number of hydrogen-bond acceptors (Lipinski definition) is 3. The van der Waals surface area contributed by atoms with E-state index in [1.807, 2.05) is 0 Å². The number of hydrogen-bond donors (Lipinski definition) is 0. The van der Waals surface area contributed by atoms with Crippen molar-refractivity contribution in [2.24, 2.45) is 0 Å². The summed E-state index contributed by atoms with van der Waals surface area (Å²) in [6.07, 6.45) is 0.857. The first-order chi connectivity index (χ1) is 29.4. The van der Waals surface area contributed by atoms with Crippen molar-refractivity contribution in [2.45, 2.75) is 6.32 Å². The van der Waals surface area contributed by atoms with E-state index < -0.39 is 0 Å². The second kappa shape index (κ2) is 15.7. The minimum Gasteiger partial charge on any atom is -0.308 e. The zero-order valence-corrected chi connectivity index (χ0v) is 37.1. The van der Waals surface area contributed by atoms with E-state index in [1.165, 1.54) is 54.7 Å². The van der Waals surface area contributed by atoms with Gasteiger partial charge < -0.3 is 4.57 Å². The number of nitrogens with zero attached hydrogens (tertiary/aromatic N) is 5. The molecule has 0 atom stereocenters. The SMILES string of the molecule is BC/C(B)=C(\C(B)=C(\B)C(B)=C)c1nc(-c2c(B)c(B)c(B)c(B)c2B)nc(-n2c3ccccc3c3c2ccc2c4ccccc4n(-c4ccccc4-c4ccccc4)c23)n1. The van der Waals surface area contributed by atoms with E-state index in [9.17, 15) is 0 Å². The van der Waals surface area contributed by atoms with E-state index in [1.54, 1.807) is 0 Å². The highest BCUT2D eigenvalue weighted by atomic mass is 15.2. The van der Waals surface area contributed by atoms with Crippen LogP contribution in [-0.4, -0.2) is 103 Å². The second-order valence-corrected chi connectivity index (χ2v) is 16.8. The minimum absolute atomic E-state index is 0.592. The summed E-state index contributed by atoms with van der Waals surface area (Å²) in [6, 6.07) is 41.5. The van der Waals surface area contributed by atoms with E-state index >= 15 is 0 Å². The third-order valence-electron chi connectivity index (χ3n) is 13.5. The molecule has 0 radical (unpaired) electrons. The molecule has 9 rings (SSSR count). The lowest BCUT2D eigenvalue weighted by Crippen LogP contribution is -2.55. The summed E-state index contributed by atoms with van der Waals surface area (Å²) in [6.45, 7) is 4.33. The van der Waals surface area contributed by atoms with E-state index in [0.29, 0.717) is 17.6 Å². The average Bonchev–Trinajstić information content (AvgIpc) is 3.80. The maximum atomic E-state index is 5.52. The summed E-state index contributed by atoms with van der Waals surface area (Å²) in [4.78, 5) is 16.5. The average molecular weight is 774 g/mol. The van der Waals surface area contributed by atoms with E-state index in [-0.39, 0.29) is 0 Å². The molecule has 0 fully saturated rings. The Labute approximate surface area is 367 Å². The number of aromatic nitrogens is 5. The molecular formula is C46H43B10N5. The third kappa shape index (κ3) is 6.43. The van der Waals surface area contributed by atoms with Gasteiger partial charge in [-0.05, 0) is 29.8 Å². The van der Waals surface area contributed by atoms with Gasteiger partial charge in [-0.3, -0.25) is 4.57 Å². The predicted octanol–water partition coefficient (Wildman–Crippen LogP) is -2.29. The molecule has 0 saturated carbocycles. The molecule has 0 aliphatic carbocycles. The molecule has 15 heteroatoms. The predicted molar refractivity (Wildman–Crippen MR) is 291 cm³/mol. The monoisotopic (exact) mass is 775 g/mol. The van der Waals surface area contributed by atoms with Gasteiger partial charge in [-0.1, -0.05) is 114 Å². The van der Waals surface area contributed by atoms with Gasteiger partial charge in [-0.25, -0.2) is 4.98 Å². The van der Waals surface area contributed by atoms with Crippen molar-refractivity contribution in [3.63, 3.8) is 0 Å². The Hall–Kier alpha value is -6.20. The lowest BCUT2D eigenvalue weighted by Gasteiger charge is -2.21. The Morgan fingerprint density at radius 2 is 1.13 bits per heavy atom. The van der Waals surface area contributed by atoms with Crippen LogP contribution in [0.15, 0.2) is 144 Å². The lowest BCUT2D eigenvalue weighted by atomic mass is 9.60. The third-order valence-corrected chi connectivity index (χ3v) is 13.5. The molecule has 0 aliphatic heterocycles. The topological polar surface area (TPSA) is 48.5 Å². The lowest BCUT2D eigenvalue weighted by molar-refractivity contribution is 0.933. The summed E-state index contributed by atoms with van der Waals surface area (Å²) in [5, 5.41) is 4.69. The fourth-order valence-electron chi connectivity index (χ4n) is 9.39. The second-order valence-electron chi connectivity index (χ2n) is 16.8. The first-order valence-corrected chi connectivity index (χ1v) is 21.4. The van der Waals surface area contributed by atoms with E-state index in [0.717, 1.165) is 72.4 Å². The molecule has 0 amide bonds. The fourth-order valence-corrected chi connectivity index (χ4v) is 9.39. The van der Waals surface area contributed by atoms with Crippen molar-refractivity contribution in [1.82, 2.24) is 24.1 Å². The summed E-state index contributed by atoms with van der Waals surface area (Å²) < 4.78 is 4.74. The van der Waals surface area contributed by atoms with Crippen LogP contribution in [0.1, 0.15) is 5.82 Å². The van der Waals surface area contributed by atoms with E-state index in [2.05, 4.69) is 209 Å². The number of benzene rings is 6. The highest BCUT2D eigenvalue weighted by molar-refractivity contribution is 6.68. The van der Waals surface area contributed by atoms with Crippen LogP contribution in [0.4, 0.5) is 0 Å². The standard InChI is InChI=1S/C46H43B10N5/c1-22(48)36(50)37(51)34(28(49)21-47)44-57-45(35-38(52)40(54)42(56)41(55)39(35)53)59-46(58-44)61-31-18-10-7-15-27(31)33-32(61)20-19-26-25-14-6-9-17-30(25)60(43(26)33)29-16-8-5-13-24(29)23-11-3-2-4-12-23/h2-20H,1,21,47-56H2/b34-28-,37-36-. The summed E-state index contributed by atoms with van der Waals surface area (Å²) >= 11 is 0. The molecule has 0 bridgehead atoms. The molecule has 3 aromatic heterocycles. The van der Waals surface area contributed by atoms with Gasteiger partial charge in [0.25, 0.3) is 0 Å². The van der Waals surface area contributed by atoms with Gasteiger partial charge in [0.15, 0.2) is 11.6 Å². The summed E-state index contributed by atoms with van der Waals surface area (Å²) in [7, 11) is 21.9. The molecule has 282 valence electrons. The first-order valence-electron chi connectivity index (χ1n) is 21.4. The number of para-hydroxylation sites is 3. The first kappa shape index (κ1) is 40.2. The molecular weight excluding hydrogens is 731 g/mol. The zero-order chi connectivity index (χ0) is 42.9. The normalized spacial score (nSPS) is 12.6. The molecule has 61 heavy (non-hydrogen) atoms. The van der Waals surface area contributed by atoms with Crippen molar-refractivity contribution in [2.75, 3.05) is 0 Å². The Kier molecular flexibility index (Phi) is 10.3. The Bertz CT molecular complexity index is 3340. The number of fused-ring (bicyclic) bond motifs is 7. The molecule has 0 aliphatic rings. The molecule has 0 N–H and O–H groups in total. The van der Waals surface area contributed by atoms with Gasteiger partial charge >= 0.3 is 0 Å². The summed E-state index contributed by atoms with van der Waals surface area (Å²) in [5.41, 5.74) is 20.7. The maximum absolute atomic E-state index is 5.52. The van der Waals surface area contributed by atoms with Crippen LogP contribution in [0.25, 0.3) is 83.3 Å². The molecule has 9 aromatic rings. The molecule has 0 saturated heterocycles. The number of allylic oxidation sites excluding steroid dienone is 5. The van der Waals surface area contributed by atoms with Gasteiger partial charge in [-0.15, -0.1) is 39.4 Å². The highest BCUT2D eigenvalue weighted by Crippen LogP contribution is 2.43. The maximum Gasteiger partial charge on any atom is 0.238 e. The van der Waals surface area contributed by atoms with Gasteiger partial charge in [0.2, 0.25) is 5.95 Å². The van der Waals surface area contributed by atoms with Crippen LogP contribution >= 0.6 is 0 Å². The van der Waals surface area contributed by atoms with Crippen LogP contribution in [0.3, 0.4) is 0 Å². The fraction of sp³-hybridized carbons (Fsp3) is 0.0217. The van der Waals surface area contributed by atoms with Gasteiger partial charge in [0.05, 0.1) is 27.8 Å². The largest absolute Gasteiger partial charge is 0.308 e. The van der Waals surface area contributed by atoms with Crippen molar-refractivity contribution in [3.8, 4) is 34.2 Å². The van der Waals surface area contributed by atoms with Gasteiger partial charge in [0.1, 0.15) is 78.5 Å². The minimum atomic E-state index is 0.592. The smallest absolute Gasteiger partial charge is 0.238 e. The Morgan fingerprint density at radius 3 is 1.80 bits per heavy atom. The van der Waals surface area contributed by atoms with Crippen molar-refractivity contribution in [3.05, 3.63) is 150 Å². The molecule has 3 heterocycles. The van der Waals surface area contributed by atoms with Crippen LogP contribution < -0.4 is 27.3 Å². The molecule has 5 nitrogen and oxygen atoms in total. The van der Waals surface area contributed by atoms with E-state index in [4.69, 9.17) is 15.0 Å². The van der Waals surface area contributed by atoms with Crippen LogP contribution in [0.5, 0.6) is 0 Å². The zero-order valence-electron chi connectivity index (χ0n) is 37.1. The van der Waals surface area contributed by atoms with Crippen LogP contribution in [-0.2, 0) is 0 Å². The number of rotatable bonds is 8. The molecule has 0 spiro atoms. The van der Waals surface area contributed by atoms with Gasteiger partial charge in [0, 0.05) is 38.2 Å². The Morgan fingerprint density at radius 1 is 0.541 bits per heavy atom. The Balaban J connectivity index is 1.45. The van der Waals surface area contributed by atoms with Gasteiger partial charge in [-0.2, -0.15) is 9.97 Å². The van der Waals surface area contributed by atoms with Crippen LogP contribution in [0, 0.1) is 0 Å².